The lowest BCUT2D eigenvalue weighted by atomic mass is 9.66. The fourth-order valence-electron chi connectivity index (χ4n) is 6.64. The van der Waals surface area contributed by atoms with Gasteiger partial charge in [0.25, 0.3) is 5.91 Å². The number of aromatic nitrogens is 4. The van der Waals surface area contributed by atoms with E-state index < -0.39 is 0 Å². The van der Waals surface area contributed by atoms with E-state index in [-0.39, 0.29) is 17.4 Å². The second-order valence-corrected chi connectivity index (χ2v) is 11.1. The summed E-state index contributed by atoms with van der Waals surface area (Å²) in [5, 5.41) is 2.87. The van der Waals surface area contributed by atoms with Gasteiger partial charge in [-0.3, -0.25) is 4.79 Å². The van der Waals surface area contributed by atoms with E-state index in [1.165, 1.54) is 43.2 Å². The van der Waals surface area contributed by atoms with E-state index in [4.69, 9.17) is 15.0 Å². The van der Waals surface area contributed by atoms with Crippen LogP contribution in [0.15, 0.2) is 48.8 Å². The third-order valence-corrected chi connectivity index (χ3v) is 9.12. The van der Waals surface area contributed by atoms with Gasteiger partial charge in [-0.05, 0) is 79.3 Å². The summed E-state index contributed by atoms with van der Waals surface area (Å²) in [7, 11) is 1.72. The summed E-state index contributed by atoms with van der Waals surface area (Å²) in [4.78, 5) is 27.6. The van der Waals surface area contributed by atoms with Gasteiger partial charge < -0.3 is 9.88 Å². The topological polar surface area (TPSA) is 72.7 Å². The van der Waals surface area contributed by atoms with Crippen LogP contribution in [0.25, 0.3) is 22.2 Å². The molecule has 3 aliphatic rings. The average molecular weight is 492 g/mol. The molecule has 188 valence electrons. The minimum atomic E-state index is -0.00962. The van der Waals surface area contributed by atoms with Gasteiger partial charge in [0.2, 0.25) is 0 Å². The molecule has 1 N–H and O–H groups in total. The van der Waals surface area contributed by atoms with Crippen LogP contribution in [-0.2, 0) is 11.8 Å². The van der Waals surface area contributed by atoms with Crippen molar-refractivity contribution in [2.75, 3.05) is 7.05 Å². The van der Waals surface area contributed by atoms with Gasteiger partial charge in [0.1, 0.15) is 11.6 Å². The lowest BCUT2D eigenvalue weighted by Crippen LogP contribution is -2.35. The molecule has 6 nitrogen and oxygen atoms in total. The maximum absolute atomic E-state index is 12.9. The smallest absolute Gasteiger partial charge is 0.251 e. The highest BCUT2D eigenvalue weighted by Crippen LogP contribution is 2.48. The largest absolute Gasteiger partial charge is 0.355 e. The predicted molar refractivity (Wildman–Crippen MR) is 145 cm³/mol. The standard InChI is InChI=1S/C31H33N5O/c1-3-31(14-5-15-31)30-33-17-21(18-34-30)20-10-11-24-26(16-20)36-25(12-13-27(36)35-24)28-22(19-8-9-19)6-4-7-23(28)29(37)32-2/h4,6-7,10-11,16-19,25H,3,5,8-9,12-15H2,1-2H3,(H,32,37)/t25-/m1/s1. The van der Waals surface area contributed by atoms with Gasteiger partial charge in [0, 0.05) is 42.4 Å². The highest BCUT2D eigenvalue weighted by Gasteiger charge is 2.39. The number of carbonyl (C=O) groups excluding carboxylic acids is 1. The molecule has 0 unspecified atom stereocenters. The molecule has 6 heteroatoms. The molecule has 2 aromatic carbocycles. The quantitative estimate of drug-likeness (QED) is 0.354. The maximum Gasteiger partial charge on any atom is 0.251 e. The fraction of sp³-hybridized carbons (Fsp3) is 0.419. The lowest BCUT2D eigenvalue weighted by Gasteiger charge is -2.39. The molecule has 0 radical (unpaired) electrons. The molecule has 1 amide bonds. The van der Waals surface area contributed by atoms with E-state index in [1.54, 1.807) is 7.05 Å². The van der Waals surface area contributed by atoms with E-state index in [1.807, 2.05) is 24.5 Å². The highest BCUT2D eigenvalue weighted by molar-refractivity contribution is 5.96. The first-order valence-electron chi connectivity index (χ1n) is 13.8. The molecule has 37 heavy (non-hydrogen) atoms. The Bertz CT molecular complexity index is 1510. The summed E-state index contributed by atoms with van der Waals surface area (Å²) in [6.07, 6.45) is 13.0. The van der Waals surface area contributed by atoms with Crippen molar-refractivity contribution in [3.63, 3.8) is 0 Å². The van der Waals surface area contributed by atoms with Crippen LogP contribution in [0.1, 0.15) is 97.0 Å². The van der Waals surface area contributed by atoms with Crippen LogP contribution in [0, 0.1) is 0 Å². The number of carbonyl (C=O) groups is 1. The van der Waals surface area contributed by atoms with Crippen molar-refractivity contribution in [3.05, 3.63) is 77.1 Å². The van der Waals surface area contributed by atoms with Gasteiger partial charge in [-0.25, -0.2) is 15.0 Å². The molecule has 1 aliphatic heterocycles. The number of benzene rings is 2. The van der Waals surface area contributed by atoms with Crippen LogP contribution < -0.4 is 5.32 Å². The first-order chi connectivity index (χ1) is 18.1. The van der Waals surface area contributed by atoms with Gasteiger partial charge in [0.05, 0.1) is 17.1 Å². The Morgan fingerprint density at radius 2 is 1.89 bits per heavy atom. The summed E-state index contributed by atoms with van der Waals surface area (Å²) in [6.45, 7) is 2.25. The lowest BCUT2D eigenvalue weighted by molar-refractivity contribution is 0.0961. The molecule has 0 saturated heterocycles. The molecule has 2 aromatic heterocycles. The number of hydrogen-bond acceptors (Lipinski definition) is 4. The van der Waals surface area contributed by atoms with Gasteiger partial charge in [0.15, 0.2) is 0 Å². The van der Waals surface area contributed by atoms with Crippen LogP contribution in [0.2, 0.25) is 0 Å². The first-order valence-corrected chi connectivity index (χ1v) is 13.8. The zero-order valence-corrected chi connectivity index (χ0v) is 21.6. The summed E-state index contributed by atoms with van der Waals surface area (Å²) >= 11 is 0. The molecule has 0 spiro atoms. The number of nitrogens with one attached hydrogen (secondary N) is 1. The van der Waals surface area contributed by atoms with Gasteiger partial charge in [-0.15, -0.1) is 0 Å². The Morgan fingerprint density at radius 3 is 2.57 bits per heavy atom. The number of aryl methyl sites for hydroxylation is 1. The number of nitrogens with zero attached hydrogens (tertiary/aromatic N) is 4. The van der Waals surface area contributed by atoms with E-state index in [0.29, 0.717) is 5.92 Å². The Balaban J connectivity index is 1.31. The van der Waals surface area contributed by atoms with E-state index in [9.17, 15) is 4.79 Å². The second kappa shape index (κ2) is 8.51. The first kappa shape index (κ1) is 22.6. The van der Waals surface area contributed by atoms with Gasteiger partial charge in [-0.2, -0.15) is 0 Å². The molecule has 2 aliphatic carbocycles. The van der Waals surface area contributed by atoms with Crippen LogP contribution >= 0.6 is 0 Å². The minimum absolute atomic E-state index is 0.00962. The summed E-state index contributed by atoms with van der Waals surface area (Å²) in [5.74, 6) is 2.65. The van der Waals surface area contributed by atoms with Crippen LogP contribution in [-0.4, -0.2) is 32.5 Å². The van der Waals surface area contributed by atoms with Gasteiger partial charge in [-0.1, -0.05) is 31.5 Å². The molecule has 2 fully saturated rings. The molecule has 7 rings (SSSR count). The molecule has 2 saturated carbocycles. The monoisotopic (exact) mass is 491 g/mol. The number of amides is 1. The number of hydrogen-bond donors (Lipinski definition) is 1. The third-order valence-electron chi connectivity index (χ3n) is 9.12. The zero-order valence-electron chi connectivity index (χ0n) is 21.6. The SMILES string of the molecule is CCC1(c2ncc(-c3ccc4nc5n(c4c3)[C@@H](c3c(C(=O)NC)cccc3C3CC3)CC5)cn2)CCC1. The summed E-state index contributed by atoms with van der Waals surface area (Å²) in [5.41, 5.74) is 7.77. The predicted octanol–water partition coefficient (Wildman–Crippen LogP) is 6.10. The normalized spacial score (nSPS) is 20.0. The summed E-state index contributed by atoms with van der Waals surface area (Å²) < 4.78 is 2.39. The van der Waals surface area contributed by atoms with Crippen molar-refractivity contribution in [2.24, 2.45) is 0 Å². The van der Waals surface area contributed by atoms with Crippen molar-refractivity contribution in [3.8, 4) is 11.1 Å². The molecular weight excluding hydrogens is 458 g/mol. The van der Waals surface area contributed by atoms with Crippen molar-refractivity contribution in [1.29, 1.82) is 0 Å². The fourth-order valence-corrected chi connectivity index (χ4v) is 6.64. The van der Waals surface area contributed by atoms with Crippen molar-refractivity contribution in [1.82, 2.24) is 24.8 Å². The maximum atomic E-state index is 12.9. The Labute approximate surface area is 217 Å². The molecular formula is C31H33N5O. The molecule has 0 bridgehead atoms. The average Bonchev–Trinajstić information content (AvgIpc) is 3.58. The minimum Gasteiger partial charge on any atom is -0.355 e. The van der Waals surface area contributed by atoms with Crippen LogP contribution in [0.4, 0.5) is 0 Å². The van der Waals surface area contributed by atoms with E-state index in [0.717, 1.165) is 58.6 Å². The molecule has 1 atom stereocenters. The van der Waals surface area contributed by atoms with Gasteiger partial charge >= 0.3 is 0 Å². The number of rotatable bonds is 6. The van der Waals surface area contributed by atoms with E-state index in [2.05, 4.69) is 41.1 Å². The highest BCUT2D eigenvalue weighted by atomic mass is 16.1. The molecule has 3 heterocycles. The van der Waals surface area contributed by atoms with Crippen molar-refractivity contribution in [2.45, 2.75) is 75.7 Å². The molecule has 4 aromatic rings. The zero-order chi connectivity index (χ0) is 25.1. The van der Waals surface area contributed by atoms with E-state index >= 15 is 0 Å². The Morgan fingerprint density at radius 1 is 1.08 bits per heavy atom. The summed E-state index contributed by atoms with van der Waals surface area (Å²) in [6, 6.07) is 12.8. The second-order valence-electron chi connectivity index (χ2n) is 11.1. The van der Waals surface area contributed by atoms with Crippen LogP contribution in [0.3, 0.4) is 0 Å². The number of imidazole rings is 1. The Kier molecular flexibility index (Phi) is 5.20. The Hall–Kier alpha value is -3.54. The van der Waals surface area contributed by atoms with Crippen LogP contribution in [0.5, 0.6) is 0 Å². The van der Waals surface area contributed by atoms with Crippen molar-refractivity contribution >= 4 is 16.9 Å². The van der Waals surface area contributed by atoms with Crippen molar-refractivity contribution < 1.29 is 4.79 Å². The third kappa shape index (κ3) is 3.52. The number of fused-ring (bicyclic) bond motifs is 3.